The number of aromatic nitrogens is 2. The first kappa shape index (κ1) is 27.4. The molecule has 0 fully saturated rings. The first-order chi connectivity index (χ1) is 18.6. The molecule has 204 valence electrons. The van der Waals surface area contributed by atoms with Crippen molar-refractivity contribution in [1.29, 1.82) is 0 Å². The molecule has 0 aliphatic carbocycles. The van der Waals surface area contributed by atoms with Gasteiger partial charge in [0.2, 0.25) is 17.7 Å². The van der Waals surface area contributed by atoms with Crippen LogP contribution in [0, 0.1) is 0 Å². The fraction of sp³-hybridized carbons (Fsp3) is 0.286. The molecule has 8 N–H and O–H groups in total. The molecule has 3 amide bonds. The number of carboxylic acid groups (broad SMARTS) is 1. The van der Waals surface area contributed by atoms with E-state index < -0.39 is 47.9 Å². The molecule has 2 heterocycles. The standard InChI is InChI=1S/C28H32N6O5/c1-15(25(35)33-16(2)28(38)39)32-27(37)24(12-18-14-31-23-10-6-4-8-20(18)23)34-26(36)21(29)11-17-13-30-22-9-5-3-7-19(17)22/h3-10,13-16,21,24,30-31H,11-12,29H2,1-2H3,(H,32,37)(H,33,35)(H,34,36)(H,38,39). The van der Waals surface area contributed by atoms with E-state index in [-0.39, 0.29) is 12.8 Å². The number of aromatic amines is 2. The van der Waals surface area contributed by atoms with E-state index in [0.717, 1.165) is 32.9 Å². The highest BCUT2D eigenvalue weighted by Gasteiger charge is 2.28. The van der Waals surface area contributed by atoms with Crippen molar-refractivity contribution in [1.82, 2.24) is 25.9 Å². The molecule has 11 heteroatoms. The van der Waals surface area contributed by atoms with E-state index in [0.29, 0.717) is 0 Å². The Hall–Kier alpha value is -4.64. The van der Waals surface area contributed by atoms with Crippen molar-refractivity contribution in [3.05, 3.63) is 72.1 Å². The summed E-state index contributed by atoms with van der Waals surface area (Å²) in [5, 5.41) is 18.6. The van der Waals surface area contributed by atoms with Crippen LogP contribution in [-0.4, -0.2) is 62.9 Å². The molecule has 0 aliphatic heterocycles. The zero-order valence-electron chi connectivity index (χ0n) is 21.7. The van der Waals surface area contributed by atoms with Crippen LogP contribution < -0.4 is 21.7 Å². The van der Waals surface area contributed by atoms with E-state index in [1.165, 1.54) is 13.8 Å². The highest BCUT2D eigenvalue weighted by atomic mass is 16.4. The highest BCUT2D eigenvalue weighted by Crippen LogP contribution is 2.20. The molecule has 11 nitrogen and oxygen atoms in total. The number of carbonyl (C=O) groups excluding carboxylic acids is 3. The van der Waals surface area contributed by atoms with Crippen molar-refractivity contribution in [2.45, 2.75) is 50.9 Å². The fourth-order valence-corrected chi connectivity index (χ4v) is 4.42. The summed E-state index contributed by atoms with van der Waals surface area (Å²) in [7, 11) is 0. The smallest absolute Gasteiger partial charge is 0.325 e. The van der Waals surface area contributed by atoms with Crippen molar-refractivity contribution >= 4 is 45.5 Å². The number of H-pyrrole nitrogens is 2. The second kappa shape index (κ2) is 11.8. The van der Waals surface area contributed by atoms with Gasteiger partial charge < -0.3 is 36.8 Å². The van der Waals surface area contributed by atoms with Crippen LogP contribution >= 0.6 is 0 Å². The van der Waals surface area contributed by atoms with E-state index in [1.54, 1.807) is 6.20 Å². The minimum Gasteiger partial charge on any atom is -0.480 e. The lowest BCUT2D eigenvalue weighted by atomic mass is 10.0. The van der Waals surface area contributed by atoms with E-state index >= 15 is 0 Å². The van der Waals surface area contributed by atoms with Gasteiger partial charge in [-0.2, -0.15) is 0 Å². The third kappa shape index (κ3) is 6.44. The predicted molar refractivity (Wildman–Crippen MR) is 147 cm³/mol. The number of rotatable bonds is 11. The maximum absolute atomic E-state index is 13.3. The summed E-state index contributed by atoms with van der Waals surface area (Å²) in [5.41, 5.74) is 9.75. The summed E-state index contributed by atoms with van der Waals surface area (Å²) in [6.07, 6.45) is 3.98. The zero-order valence-corrected chi connectivity index (χ0v) is 21.7. The number of fused-ring (bicyclic) bond motifs is 2. The third-order valence-corrected chi connectivity index (χ3v) is 6.66. The Kier molecular flexibility index (Phi) is 8.30. The van der Waals surface area contributed by atoms with Gasteiger partial charge in [-0.25, -0.2) is 0 Å². The lowest BCUT2D eigenvalue weighted by Crippen LogP contribution is -2.56. The Labute approximate surface area is 224 Å². The lowest BCUT2D eigenvalue weighted by molar-refractivity contribution is -0.141. The molecular formula is C28H32N6O5. The van der Waals surface area contributed by atoms with Crippen molar-refractivity contribution in [3.63, 3.8) is 0 Å². The van der Waals surface area contributed by atoms with Crippen molar-refractivity contribution < 1.29 is 24.3 Å². The summed E-state index contributed by atoms with van der Waals surface area (Å²) in [6.45, 7) is 2.76. The van der Waals surface area contributed by atoms with Gasteiger partial charge in [0.15, 0.2) is 0 Å². The molecular weight excluding hydrogens is 500 g/mol. The minimum absolute atomic E-state index is 0.140. The van der Waals surface area contributed by atoms with E-state index in [9.17, 15) is 19.2 Å². The second-order valence-electron chi connectivity index (χ2n) is 9.59. The minimum atomic E-state index is -1.20. The Balaban J connectivity index is 1.50. The van der Waals surface area contributed by atoms with Crippen LogP contribution in [-0.2, 0) is 32.0 Å². The normalized spacial score (nSPS) is 14.3. The molecule has 4 unspecified atom stereocenters. The van der Waals surface area contributed by atoms with Gasteiger partial charge in [-0.15, -0.1) is 0 Å². The van der Waals surface area contributed by atoms with Crippen LogP contribution in [0.3, 0.4) is 0 Å². The van der Waals surface area contributed by atoms with Crippen LogP contribution in [0.15, 0.2) is 60.9 Å². The molecule has 2 aromatic carbocycles. The lowest BCUT2D eigenvalue weighted by Gasteiger charge is -2.23. The number of nitrogens with two attached hydrogens (primary N) is 1. The Morgan fingerprint density at radius 1 is 0.744 bits per heavy atom. The molecule has 4 rings (SSSR count). The summed E-state index contributed by atoms with van der Waals surface area (Å²) in [5.74, 6) is -2.97. The van der Waals surface area contributed by atoms with Crippen LogP contribution in [0.1, 0.15) is 25.0 Å². The van der Waals surface area contributed by atoms with Gasteiger partial charge in [-0.1, -0.05) is 36.4 Å². The van der Waals surface area contributed by atoms with Gasteiger partial charge in [-0.3, -0.25) is 19.2 Å². The van der Waals surface area contributed by atoms with Crippen LogP contribution in [0.4, 0.5) is 0 Å². The Morgan fingerprint density at radius 2 is 1.26 bits per heavy atom. The predicted octanol–water partition coefficient (Wildman–Crippen LogP) is 1.34. The third-order valence-electron chi connectivity index (χ3n) is 6.66. The van der Waals surface area contributed by atoms with Gasteiger partial charge in [0, 0.05) is 40.6 Å². The average molecular weight is 533 g/mol. The number of hydrogen-bond donors (Lipinski definition) is 7. The van der Waals surface area contributed by atoms with E-state index in [2.05, 4.69) is 25.9 Å². The quantitative estimate of drug-likeness (QED) is 0.153. The van der Waals surface area contributed by atoms with Crippen molar-refractivity contribution in [2.24, 2.45) is 5.73 Å². The molecule has 0 radical (unpaired) electrons. The van der Waals surface area contributed by atoms with Crippen LogP contribution in [0.5, 0.6) is 0 Å². The summed E-state index contributed by atoms with van der Waals surface area (Å²) < 4.78 is 0. The Morgan fingerprint density at radius 3 is 1.82 bits per heavy atom. The topological polar surface area (TPSA) is 182 Å². The fourth-order valence-electron chi connectivity index (χ4n) is 4.42. The molecule has 0 saturated heterocycles. The maximum Gasteiger partial charge on any atom is 0.325 e. The van der Waals surface area contributed by atoms with Crippen LogP contribution in [0.25, 0.3) is 21.8 Å². The largest absolute Gasteiger partial charge is 0.480 e. The number of para-hydroxylation sites is 2. The molecule has 4 aromatic rings. The van der Waals surface area contributed by atoms with Crippen LogP contribution in [0.2, 0.25) is 0 Å². The molecule has 0 saturated carbocycles. The number of hydrogen-bond acceptors (Lipinski definition) is 5. The number of carboxylic acids is 1. The zero-order chi connectivity index (χ0) is 28.1. The summed E-state index contributed by atoms with van der Waals surface area (Å²) >= 11 is 0. The van der Waals surface area contributed by atoms with Gasteiger partial charge in [0.1, 0.15) is 18.1 Å². The highest BCUT2D eigenvalue weighted by molar-refractivity contribution is 5.95. The van der Waals surface area contributed by atoms with E-state index in [1.807, 2.05) is 54.7 Å². The van der Waals surface area contributed by atoms with Crippen molar-refractivity contribution in [2.75, 3.05) is 0 Å². The number of carbonyl (C=O) groups is 4. The van der Waals surface area contributed by atoms with Gasteiger partial charge in [-0.05, 0) is 43.5 Å². The van der Waals surface area contributed by atoms with Crippen molar-refractivity contribution in [3.8, 4) is 0 Å². The molecule has 2 aromatic heterocycles. The molecule has 4 atom stereocenters. The summed E-state index contributed by atoms with van der Waals surface area (Å²) in [6, 6.07) is 11.1. The van der Waals surface area contributed by atoms with Gasteiger partial charge in [0.25, 0.3) is 0 Å². The Bertz CT molecular complexity index is 1510. The number of benzene rings is 2. The molecule has 39 heavy (non-hydrogen) atoms. The maximum atomic E-state index is 13.3. The van der Waals surface area contributed by atoms with Gasteiger partial charge >= 0.3 is 5.97 Å². The summed E-state index contributed by atoms with van der Waals surface area (Å²) in [4.78, 5) is 56.3. The first-order valence-electron chi connectivity index (χ1n) is 12.6. The monoisotopic (exact) mass is 532 g/mol. The first-order valence-corrected chi connectivity index (χ1v) is 12.6. The average Bonchev–Trinajstić information content (AvgIpc) is 3.52. The molecule has 0 bridgehead atoms. The number of amides is 3. The number of nitrogens with one attached hydrogen (secondary N) is 5. The molecule has 0 aliphatic rings. The van der Waals surface area contributed by atoms with Gasteiger partial charge in [0.05, 0.1) is 6.04 Å². The molecule has 0 spiro atoms. The second-order valence-corrected chi connectivity index (χ2v) is 9.59. The number of aliphatic carboxylic acids is 1. The van der Waals surface area contributed by atoms with E-state index in [4.69, 9.17) is 10.8 Å². The SMILES string of the molecule is CC(NC(=O)C(C)NC(=O)C(Cc1c[nH]c2ccccc12)NC(=O)C(N)Cc1c[nH]c2ccccc12)C(=O)O.